The lowest BCUT2D eigenvalue weighted by Crippen LogP contribution is -2.44. The Hall–Kier alpha value is -1.55. The van der Waals surface area contributed by atoms with E-state index in [9.17, 15) is 4.79 Å². The van der Waals surface area contributed by atoms with Crippen molar-refractivity contribution in [2.24, 2.45) is 24.8 Å². The van der Waals surface area contributed by atoms with Gasteiger partial charge in [0.1, 0.15) is 6.10 Å². The molecule has 0 unspecified atom stereocenters. The van der Waals surface area contributed by atoms with E-state index in [4.69, 9.17) is 16.3 Å². The van der Waals surface area contributed by atoms with Crippen LogP contribution in [0.4, 0.5) is 0 Å². The summed E-state index contributed by atoms with van der Waals surface area (Å²) >= 11 is 6.18. The number of carbonyl (C=O) groups is 1. The Balaban J connectivity index is 1.83. The zero-order valence-corrected chi connectivity index (χ0v) is 17.9. The van der Waals surface area contributed by atoms with E-state index < -0.39 is 0 Å². The number of nitrogens with zero attached hydrogens (tertiary/aromatic N) is 2. The van der Waals surface area contributed by atoms with E-state index in [1.165, 1.54) is 6.42 Å². The second-order valence-electron chi connectivity index (χ2n) is 8.40. The summed E-state index contributed by atoms with van der Waals surface area (Å²) in [7, 11) is 2.02. The van der Waals surface area contributed by atoms with Crippen molar-refractivity contribution in [1.82, 2.24) is 4.57 Å². The van der Waals surface area contributed by atoms with Crippen LogP contribution < -0.4 is 4.57 Å². The van der Waals surface area contributed by atoms with Gasteiger partial charge in [-0.1, -0.05) is 45.7 Å². The highest BCUT2D eigenvalue weighted by molar-refractivity contribution is 6.31. The van der Waals surface area contributed by atoms with E-state index in [1.807, 2.05) is 25.2 Å². The number of esters is 1. The highest BCUT2D eigenvalue weighted by atomic mass is 35.5. The van der Waals surface area contributed by atoms with Crippen molar-refractivity contribution in [2.75, 3.05) is 0 Å². The summed E-state index contributed by atoms with van der Waals surface area (Å²) in [6, 6.07) is 5.82. The molecule has 1 aliphatic carbocycles. The molecule has 5 heteroatoms. The zero-order valence-electron chi connectivity index (χ0n) is 17.2. The Morgan fingerprint density at radius 2 is 2.11 bits per heavy atom. The highest BCUT2D eigenvalue weighted by Crippen LogP contribution is 2.35. The van der Waals surface area contributed by atoms with Gasteiger partial charge in [0.2, 0.25) is 0 Å². The molecule has 148 valence electrons. The predicted molar refractivity (Wildman–Crippen MR) is 109 cm³/mol. The SMILES string of the molecule is CCc1n(C)c2cc(Cl)ccc2[n+]1CC(=O)O[C@@H]1C[C@H](C)CC[C@H]1C(C)C. The first-order chi connectivity index (χ1) is 12.8. The van der Waals surface area contributed by atoms with Crippen LogP contribution in [0.25, 0.3) is 11.0 Å². The van der Waals surface area contributed by atoms with Gasteiger partial charge in [-0.05, 0) is 42.7 Å². The van der Waals surface area contributed by atoms with Gasteiger partial charge >= 0.3 is 5.97 Å². The smallest absolute Gasteiger partial charge is 0.348 e. The molecule has 0 aliphatic heterocycles. The van der Waals surface area contributed by atoms with Crippen molar-refractivity contribution in [2.45, 2.75) is 66.0 Å². The summed E-state index contributed by atoms with van der Waals surface area (Å²) in [5, 5.41) is 0.705. The molecule has 0 amide bonds. The Kier molecular flexibility index (Phi) is 6.15. The van der Waals surface area contributed by atoms with Crippen molar-refractivity contribution in [1.29, 1.82) is 0 Å². The summed E-state index contributed by atoms with van der Waals surface area (Å²) in [5.74, 6) is 2.58. The van der Waals surface area contributed by atoms with Gasteiger partial charge in [-0.15, -0.1) is 0 Å². The molecule has 1 aromatic carbocycles. The fourth-order valence-electron chi connectivity index (χ4n) is 4.64. The fraction of sp³-hybridized carbons (Fsp3) is 0.636. The first-order valence-electron chi connectivity index (χ1n) is 10.2. The topological polar surface area (TPSA) is 35.1 Å². The molecule has 1 aromatic heterocycles. The molecule has 1 fully saturated rings. The average molecular weight is 392 g/mol. The summed E-state index contributed by atoms with van der Waals surface area (Å²) < 4.78 is 10.2. The van der Waals surface area contributed by atoms with E-state index in [-0.39, 0.29) is 18.6 Å². The third-order valence-electron chi connectivity index (χ3n) is 6.14. The fourth-order valence-corrected chi connectivity index (χ4v) is 4.81. The van der Waals surface area contributed by atoms with Crippen LogP contribution in [0.15, 0.2) is 18.2 Å². The molecule has 0 radical (unpaired) electrons. The number of aromatic nitrogens is 2. The number of fused-ring (bicyclic) bond motifs is 1. The van der Waals surface area contributed by atoms with Crippen LogP contribution in [-0.4, -0.2) is 16.6 Å². The van der Waals surface area contributed by atoms with Crippen LogP contribution in [0.3, 0.4) is 0 Å². The maximum Gasteiger partial charge on any atom is 0.348 e. The van der Waals surface area contributed by atoms with Gasteiger partial charge in [0.05, 0.1) is 7.05 Å². The molecule has 0 saturated heterocycles. The van der Waals surface area contributed by atoms with Gasteiger partial charge in [0.15, 0.2) is 17.6 Å². The number of aryl methyl sites for hydroxylation is 1. The molecule has 1 saturated carbocycles. The number of imidazole rings is 1. The number of ether oxygens (including phenoxy) is 1. The Bertz CT molecular complexity index is 827. The second kappa shape index (κ2) is 8.22. The van der Waals surface area contributed by atoms with Crippen LogP contribution in [-0.2, 0) is 29.5 Å². The van der Waals surface area contributed by atoms with Crippen molar-refractivity contribution in [3.63, 3.8) is 0 Å². The van der Waals surface area contributed by atoms with Crippen LogP contribution in [0.2, 0.25) is 5.02 Å². The molecule has 3 rings (SSSR count). The molecule has 27 heavy (non-hydrogen) atoms. The minimum atomic E-state index is -0.137. The van der Waals surface area contributed by atoms with E-state index in [0.717, 1.165) is 36.1 Å². The average Bonchev–Trinajstić information content (AvgIpc) is 2.85. The molecule has 3 atom stereocenters. The Morgan fingerprint density at radius 3 is 2.78 bits per heavy atom. The molecular formula is C22H32ClN2O2+. The number of carbonyl (C=O) groups excluding carboxylic acids is 1. The first kappa shape index (κ1) is 20.2. The number of rotatable bonds is 5. The quantitative estimate of drug-likeness (QED) is 0.547. The maximum absolute atomic E-state index is 12.9. The van der Waals surface area contributed by atoms with Gasteiger partial charge in [0, 0.05) is 17.5 Å². The monoisotopic (exact) mass is 391 g/mol. The third kappa shape index (κ3) is 4.16. The van der Waals surface area contributed by atoms with Crippen molar-refractivity contribution < 1.29 is 14.1 Å². The minimum Gasteiger partial charge on any atom is -0.459 e. The van der Waals surface area contributed by atoms with Gasteiger partial charge in [-0.2, -0.15) is 0 Å². The maximum atomic E-state index is 12.9. The lowest BCUT2D eigenvalue weighted by molar-refractivity contribution is -0.668. The van der Waals surface area contributed by atoms with Crippen LogP contribution in [0.5, 0.6) is 0 Å². The molecular weight excluding hydrogens is 360 g/mol. The van der Waals surface area contributed by atoms with Crippen molar-refractivity contribution in [3.8, 4) is 0 Å². The Labute approximate surface area is 167 Å². The molecule has 2 aromatic rings. The summed E-state index contributed by atoms with van der Waals surface area (Å²) in [4.78, 5) is 12.9. The van der Waals surface area contributed by atoms with Gasteiger partial charge in [-0.25, -0.2) is 13.9 Å². The zero-order chi connectivity index (χ0) is 19.7. The van der Waals surface area contributed by atoms with E-state index >= 15 is 0 Å². The third-order valence-corrected chi connectivity index (χ3v) is 6.37. The molecule has 1 aliphatic rings. The Morgan fingerprint density at radius 1 is 1.37 bits per heavy atom. The van der Waals surface area contributed by atoms with Gasteiger partial charge in [0.25, 0.3) is 5.82 Å². The lowest BCUT2D eigenvalue weighted by Gasteiger charge is -2.36. The molecule has 0 spiro atoms. The van der Waals surface area contributed by atoms with Crippen molar-refractivity contribution >= 4 is 28.6 Å². The second-order valence-corrected chi connectivity index (χ2v) is 8.84. The van der Waals surface area contributed by atoms with Crippen LogP contribution in [0, 0.1) is 17.8 Å². The summed E-state index contributed by atoms with van der Waals surface area (Å²) in [6.45, 7) is 9.09. The van der Waals surface area contributed by atoms with Gasteiger partial charge < -0.3 is 4.74 Å². The summed E-state index contributed by atoms with van der Waals surface area (Å²) in [6.07, 6.45) is 4.24. The molecule has 1 heterocycles. The standard InChI is InChI=1S/C22H32ClN2O2/c1-6-21-24(5)19-12-16(23)8-10-18(19)25(21)13-22(26)27-20-11-15(4)7-9-17(20)14(2)3/h8,10,12,14-15,17,20H,6-7,9,11,13H2,1-5H3/q+1/t15-,17+,20-/m1/s1. The van der Waals surface area contributed by atoms with Crippen LogP contribution in [0.1, 0.15) is 52.8 Å². The largest absolute Gasteiger partial charge is 0.459 e. The highest BCUT2D eigenvalue weighted by Gasteiger charge is 2.34. The number of halogens is 1. The van der Waals surface area contributed by atoms with E-state index in [1.54, 1.807) is 0 Å². The van der Waals surface area contributed by atoms with Gasteiger partial charge in [-0.3, -0.25) is 0 Å². The number of hydrogen-bond acceptors (Lipinski definition) is 2. The normalized spacial score (nSPS) is 23.1. The van der Waals surface area contributed by atoms with E-state index in [2.05, 4.69) is 36.8 Å². The first-order valence-corrected chi connectivity index (χ1v) is 10.6. The predicted octanol–water partition coefficient (Wildman–Crippen LogP) is 4.69. The minimum absolute atomic E-state index is 0.0383. The van der Waals surface area contributed by atoms with E-state index in [0.29, 0.717) is 22.8 Å². The lowest BCUT2D eigenvalue weighted by atomic mass is 9.75. The molecule has 4 nitrogen and oxygen atoms in total. The molecule has 0 bridgehead atoms. The number of benzene rings is 1. The number of hydrogen-bond donors (Lipinski definition) is 0. The molecule has 0 N–H and O–H groups in total. The summed E-state index contributed by atoms with van der Waals surface area (Å²) in [5.41, 5.74) is 2.06. The van der Waals surface area contributed by atoms with Crippen molar-refractivity contribution in [3.05, 3.63) is 29.0 Å². The van der Waals surface area contributed by atoms with Crippen LogP contribution >= 0.6 is 11.6 Å².